The fourth-order valence-electron chi connectivity index (χ4n) is 0.890. The molecule has 0 fully saturated rings. The minimum absolute atomic E-state index is 0.0194. The van der Waals surface area contributed by atoms with Crippen LogP contribution in [0, 0.1) is 0 Å². The van der Waals surface area contributed by atoms with Crippen LogP contribution in [0.1, 0.15) is 10.4 Å². The molecule has 0 aliphatic rings. The van der Waals surface area contributed by atoms with Gasteiger partial charge in [0.15, 0.2) is 9.84 Å². The van der Waals surface area contributed by atoms with Crippen molar-refractivity contribution in [2.24, 2.45) is 0 Å². The molecular formula is C8H6Cl2O3S. The Balaban J connectivity index is 3.43. The predicted molar refractivity (Wildman–Crippen MR) is 54.7 cm³/mol. The Hall–Kier alpha value is -0.580. The second-order valence-corrected chi connectivity index (χ2v) is 5.52. The molecule has 0 amide bonds. The lowest BCUT2D eigenvalue weighted by molar-refractivity contribution is 0.108. The summed E-state index contributed by atoms with van der Waals surface area (Å²) in [6.45, 7) is 0. The van der Waals surface area contributed by atoms with Crippen molar-refractivity contribution in [2.75, 3.05) is 6.26 Å². The second-order valence-electron chi connectivity index (χ2n) is 2.72. The van der Waals surface area contributed by atoms with E-state index >= 15 is 0 Å². The molecule has 0 spiro atoms. The summed E-state index contributed by atoms with van der Waals surface area (Å²) in [5.41, 5.74) is 0.0691. The summed E-state index contributed by atoms with van der Waals surface area (Å²) < 4.78 is 22.3. The number of hydrogen-bond acceptors (Lipinski definition) is 3. The van der Waals surface area contributed by atoms with E-state index in [4.69, 9.17) is 23.2 Å². The second kappa shape index (κ2) is 3.88. The quantitative estimate of drug-likeness (QED) is 0.758. The first-order valence-electron chi connectivity index (χ1n) is 3.51. The van der Waals surface area contributed by atoms with Crippen LogP contribution in [-0.2, 0) is 9.84 Å². The zero-order valence-corrected chi connectivity index (χ0v) is 9.45. The van der Waals surface area contributed by atoms with Crippen LogP contribution in [0.5, 0.6) is 0 Å². The van der Waals surface area contributed by atoms with Crippen molar-refractivity contribution in [2.45, 2.75) is 4.90 Å². The van der Waals surface area contributed by atoms with Gasteiger partial charge in [0.25, 0.3) is 5.24 Å². The third-order valence-electron chi connectivity index (χ3n) is 1.53. The Morgan fingerprint density at radius 2 is 1.86 bits per heavy atom. The topological polar surface area (TPSA) is 51.2 Å². The predicted octanol–water partition coefficient (Wildman–Crippen LogP) is 2.12. The molecule has 76 valence electrons. The maximum atomic E-state index is 11.1. The van der Waals surface area contributed by atoms with E-state index in [9.17, 15) is 13.2 Å². The highest BCUT2D eigenvalue weighted by Crippen LogP contribution is 2.20. The van der Waals surface area contributed by atoms with E-state index in [1.165, 1.54) is 18.2 Å². The lowest BCUT2D eigenvalue weighted by atomic mass is 10.2. The first-order chi connectivity index (χ1) is 6.30. The number of hydrogen-bond donors (Lipinski definition) is 0. The van der Waals surface area contributed by atoms with Crippen molar-refractivity contribution >= 4 is 38.3 Å². The normalized spacial score (nSPS) is 11.4. The van der Waals surface area contributed by atoms with Crippen molar-refractivity contribution in [3.63, 3.8) is 0 Å². The maximum Gasteiger partial charge on any atom is 0.252 e. The molecule has 0 unspecified atom stereocenters. The van der Waals surface area contributed by atoms with E-state index in [2.05, 4.69) is 0 Å². The van der Waals surface area contributed by atoms with Gasteiger partial charge in [0.2, 0.25) is 0 Å². The van der Waals surface area contributed by atoms with E-state index in [0.717, 1.165) is 6.26 Å². The minimum Gasteiger partial charge on any atom is -0.276 e. The molecular weight excluding hydrogens is 247 g/mol. The van der Waals surface area contributed by atoms with Crippen LogP contribution >= 0.6 is 23.2 Å². The Labute approximate surface area is 91.6 Å². The van der Waals surface area contributed by atoms with Gasteiger partial charge in [-0.1, -0.05) is 11.6 Å². The molecule has 6 heteroatoms. The van der Waals surface area contributed by atoms with Crippen LogP contribution in [-0.4, -0.2) is 19.9 Å². The highest BCUT2D eigenvalue weighted by atomic mass is 35.5. The van der Waals surface area contributed by atoms with Gasteiger partial charge in [-0.15, -0.1) is 0 Å². The average Bonchev–Trinajstić information content (AvgIpc) is 2.01. The molecule has 0 saturated carbocycles. The fourth-order valence-corrected chi connectivity index (χ4v) is 1.98. The van der Waals surface area contributed by atoms with Crippen molar-refractivity contribution in [1.29, 1.82) is 0 Å². The third-order valence-corrected chi connectivity index (χ3v) is 3.05. The Morgan fingerprint density at radius 1 is 1.29 bits per heavy atom. The van der Waals surface area contributed by atoms with Crippen molar-refractivity contribution < 1.29 is 13.2 Å². The summed E-state index contributed by atoms with van der Waals surface area (Å²) in [5.74, 6) is 0. The summed E-state index contributed by atoms with van der Waals surface area (Å²) in [7, 11) is -3.38. The van der Waals surface area contributed by atoms with E-state index in [-0.39, 0.29) is 15.5 Å². The number of halogens is 2. The largest absolute Gasteiger partial charge is 0.276 e. The van der Waals surface area contributed by atoms with E-state index < -0.39 is 15.1 Å². The standard InChI is InChI=1S/C8H6Cl2O3S/c1-14(12,13)7-3-5(8(10)11)2-6(9)4-7/h2-4H,1H3. The van der Waals surface area contributed by atoms with Crippen molar-refractivity contribution in [3.05, 3.63) is 28.8 Å². The molecule has 0 heterocycles. The average molecular weight is 253 g/mol. The third kappa shape index (κ3) is 2.70. The highest BCUT2D eigenvalue weighted by molar-refractivity contribution is 7.90. The molecule has 0 N–H and O–H groups in total. The van der Waals surface area contributed by atoms with Gasteiger partial charge in [-0.2, -0.15) is 0 Å². The number of benzene rings is 1. The molecule has 0 aliphatic carbocycles. The summed E-state index contributed by atoms with van der Waals surface area (Å²) >= 11 is 10.8. The van der Waals surface area contributed by atoms with Gasteiger partial charge in [0.1, 0.15) is 0 Å². The van der Waals surface area contributed by atoms with Crippen LogP contribution < -0.4 is 0 Å². The number of carbonyl (C=O) groups excluding carboxylic acids is 1. The molecule has 1 aromatic rings. The first kappa shape index (κ1) is 11.5. The van der Waals surface area contributed by atoms with Gasteiger partial charge in [-0.05, 0) is 29.8 Å². The highest BCUT2D eigenvalue weighted by Gasteiger charge is 2.12. The molecule has 0 aromatic heterocycles. The zero-order valence-electron chi connectivity index (χ0n) is 7.12. The van der Waals surface area contributed by atoms with E-state index in [1.54, 1.807) is 0 Å². The van der Waals surface area contributed by atoms with Crippen LogP contribution in [0.15, 0.2) is 23.1 Å². The summed E-state index contributed by atoms with van der Waals surface area (Å²) in [5, 5.41) is -0.575. The zero-order chi connectivity index (χ0) is 10.9. The Kier molecular flexibility index (Phi) is 3.19. The van der Waals surface area contributed by atoms with Gasteiger partial charge >= 0.3 is 0 Å². The molecule has 1 rings (SSSR count). The SMILES string of the molecule is CS(=O)(=O)c1cc(Cl)cc(C(=O)Cl)c1. The first-order valence-corrected chi connectivity index (χ1v) is 6.16. The fraction of sp³-hybridized carbons (Fsp3) is 0.125. The maximum absolute atomic E-state index is 11.1. The van der Waals surface area contributed by atoms with Gasteiger partial charge in [-0.25, -0.2) is 8.42 Å². The van der Waals surface area contributed by atoms with Crippen LogP contribution in [0.4, 0.5) is 0 Å². The Bertz CT molecular complexity index is 479. The molecule has 0 aliphatic heterocycles. The summed E-state index contributed by atoms with van der Waals surface area (Å²) in [6.07, 6.45) is 1.03. The number of carbonyl (C=O) groups is 1. The van der Waals surface area contributed by atoms with E-state index in [1.807, 2.05) is 0 Å². The summed E-state index contributed by atoms with van der Waals surface area (Å²) in [6, 6.07) is 3.77. The lowest BCUT2D eigenvalue weighted by Gasteiger charge is -2.01. The molecule has 3 nitrogen and oxygen atoms in total. The minimum atomic E-state index is -3.38. The van der Waals surface area contributed by atoms with Gasteiger partial charge in [0.05, 0.1) is 4.90 Å². The Morgan fingerprint density at radius 3 is 2.29 bits per heavy atom. The molecule has 14 heavy (non-hydrogen) atoms. The van der Waals surface area contributed by atoms with Gasteiger partial charge in [0, 0.05) is 16.8 Å². The summed E-state index contributed by atoms with van der Waals surface area (Å²) in [4.78, 5) is 10.8. The molecule has 0 saturated heterocycles. The van der Waals surface area contributed by atoms with Crippen LogP contribution in [0.25, 0.3) is 0 Å². The van der Waals surface area contributed by atoms with Crippen molar-refractivity contribution in [1.82, 2.24) is 0 Å². The van der Waals surface area contributed by atoms with Crippen LogP contribution in [0.2, 0.25) is 5.02 Å². The van der Waals surface area contributed by atoms with Crippen LogP contribution in [0.3, 0.4) is 0 Å². The van der Waals surface area contributed by atoms with Gasteiger partial charge < -0.3 is 0 Å². The molecule has 0 bridgehead atoms. The van der Waals surface area contributed by atoms with Gasteiger partial charge in [-0.3, -0.25) is 4.79 Å². The molecule has 0 radical (unpaired) electrons. The molecule has 0 atom stereocenters. The van der Waals surface area contributed by atoms with Crippen molar-refractivity contribution in [3.8, 4) is 0 Å². The smallest absolute Gasteiger partial charge is 0.252 e. The molecule has 1 aromatic carbocycles. The lowest BCUT2D eigenvalue weighted by Crippen LogP contribution is -1.99. The number of sulfone groups is 1. The van der Waals surface area contributed by atoms with E-state index in [0.29, 0.717) is 0 Å². The monoisotopic (exact) mass is 252 g/mol. The number of rotatable bonds is 2.